The Balaban J connectivity index is 1.65. The normalized spacial score (nSPS) is 48.7. The Morgan fingerprint density at radius 3 is 2.95 bits per heavy atom. The molecular formula is C19H28. The van der Waals surface area contributed by atoms with Gasteiger partial charge in [-0.05, 0) is 85.2 Å². The summed E-state index contributed by atoms with van der Waals surface area (Å²) in [6, 6.07) is 0. The van der Waals surface area contributed by atoms with E-state index < -0.39 is 0 Å². The largest absolute Gasteiger partial charge is 0.0802 e. The molecule has 3 fully saturated rings. The van der Waals surface area contributed by atoms with E-state index in [1.807, 2.05) is 0 Å². The van der Waals surface area contributed by atoms with Crippen molar-refractivity contribution in [3.63, 3.8) is 0 Å². The third-order valence-electron chi connectivity index (χ3n) is 6.93. The molecule has 0 radical (unpaired) electrons. The Kier molecular flexibility index (Phi) is 2.73. The van der Waals surface area contributed by atoms with Gasteiger partial charge in [0.15, 0.2) is 0 Å². The summed E-state index contributed by atoms with van der Waals surface area (Å²) in [4.78, 5) is 0. The number of rotatable bonds is 0. The van der Waals surface area contributed by atoms with Crippen LogP contribution >= 0.6 is 0 Å². The fourth-order valence-corrected chi connectivity index (χ4v) is 5.96. The van der Waals surface area contributed by atoms with E-state index in [0.717, 1.165) is 23.7 Å². The van der Waals surface area contributed by atoms with Crippen LogP contribution in [0.5, 0.6) is 0 Å². The van der Waals surface area contributed by atoms with Gasteiger partial charge in [0.1, 0.15) is 0 Å². The van der Waals surface area contributed by atoms with Crippen LogP contribution in [0.3, 0.4) is 0 Å². The van der Waals surface area contributed by atoms with Gasteiger partial charge in [0, 0.05) is 0 Å². The molecule has 0 heterocycles. The molecule has 0 nitrogen and oxygen atoms in total. The maximum Gasteiger partial charge on any atom is -0.0131 e. The van der Waals surface area contributed by atoms with Crippen molar-refractivity contribution in [1.29, 1.82) is 0 Å². The number of allylic oxidation sites excluding steroid dienone is 4. The van der Waals surface area contributed by atoms with Crippen molar-refractivity contribution in [2.24, 2.45) is 29.1 Å². The number of hydrogen-bond donors (Lipinski definition) is 0. The molecule has 0 heteroatoms. The lowest BCUT2D eigenvalue weighted by Crippen LogP contribution is -2.41. The van der Waals surface area contributed by atoms with Gasteiger partial charge in [-0.3, -0.25) is 0 Å². The van der Waals surface area contributed by atoms with E-state index in [1.54, 1.807) is 11.1 Å². The van der Waals surface area contributed by atoms with Gasteiger partial charge in [0.05, 0.1) is 0 Å². The van der Waals surface area contributed by atoms with Crippen LogP contribution in [0, 0.1) is 29.1 Å². The van der Waals surface area contributed by atoms with Crippen molar-refractivity contribution < 1.29 is 0 Å². The van der Waals surface area contributed by atoms with Crippen LogP contribution in [-0.2, 0) is 0 Å². The second kappa shape index (κ2) is 4.24. The minimum atomic E-state index is 0.713. The molecule has 0 aromatic carbocycles. The summed E-state index contributed by atoms with van der Waals surface area (Å²) in [7, 11) is 0. The maximum atomic E-state index is 2.62. The molecule has 0 bridgehead atoms. The summed E-state index contributed by atoms with van der Waals surface area (Å²) in [5.41, 5.74) is 4.25. The molecule has 3 saturated carbocycles. The first-order valence-electron chi connectivity index (χ1n) is 8.58. The van der Waals surface area contributed by atoms with Crippen LogP contribution in [0.1, 0.15) is 65.2 Å². The van der Waals surface area contributed by atoms with Crippen LogP contribution < -0.4 is 0 Å². The van der Waals surface area contributed by atoms with Gasteiger partial charge in [-0.1, -0.05) is 32.4 Å². The van der Waals surface area contributed by atoms with Crippen molar-refractivity contribution in [2.75, 3.05) is 0 Å². The van der Waals surface area contributed by atoms with Crippen molar-refractivity contribution >= 4 is 0 Å². The Labute approximate surface area is 118 Å². The Hall–Kier alpha value is -0.520. The van der Waals surface area contributed by atoms with Crippen LogP contribution in [0.2, 0.25) is 0 Å². The fraction of sp³-hybridized carbons (Fsp3) is 0.789. The van der Waals surface area contributed by atoms with Gasteiger partial charge in [-0.2, -0.15) is 0 Å². The third kappa shape index (κ3) is 1.78. The van der Waals surface area contributed by atoms with Gasteiger partial charge < -0.3 is 0 Å². The first-order valence-corrected chi connectivity index (χ1v) is 8.58. The summed E-state index contributed by atoms with van der Waals surface area (Å²) in [6.07, 6.45) is 16.9. The smallest absolute Gasteiger partial charge is 0.0131 e. The molecule has 0 amide bonds. The van der Waals surface area contributed by atoms with Crippen LogP contribution in [0.25, 0.3) is 0 Å². The van der Waals surface area contributed by atoms with Crippen molar-refractivity contribution in [2.45, 2.75) is 65.2 Å². The topological polar surface area (TPSA) is 0 Å². The van der Waals surface area contributed by atoms with Crippen molar-refractivity contribution in [3.8, 4) is 0 Å². The minimum absolute atomic E-state index is 0.713. The number of fused-ring (bicyclic) bond motifs is 5. The zero-order chi connectivity index (χ0) is 13.0. The van der Waals surface area contributed by atoms with Crippen LogP contribution in [-0.4, -0.2) is 0 Å². The van der Waals surface area contributed by atoms with Crippen LogP contribution in [0.4, 0.5) is 0 Å². The first kappa shape index (κ1) is 12.2. The van der Waals surface area contributed by atoms with Crippen molar-refractivity contribution in [1.82, 2.24) is 0 Å². The predicted molar refractivity (Wildman–Crippen MR) is 80.8 cm³/mol. The van der Waals surface area contributed by atoms with E-state index in [1.165, 1.54) is 51.4 Å². The highest BCUT2D eigenvalue weighted by atomic mass is 14.6. The van der Waals surface area contributed by atoms with Crippen molar-refractivity contribution in [3.05, 3.63) is 23.3 Å². The average molecular weight is 256 g/mol. The zero-order valence-electron chi connectivity index (χ0n) is 12.6. The average Bonchev–Trinajstić information content (AvgIpc) is 2.79. The highest BCUT2D eigenvalue weighted by molar-refractivity contribution is 5.39. The highest BCUT2D eigenvalue weighted by Gasteiger charge is 2.50. The van der Waals surface area contributed by atoms with E-state index in [9.17, 15) is 0 Å². The molecule has 4 rings (SSSR count). The minimum Gasteiger partial charge on any atom is -0.0802 e. The molecule has 4 aliphatic carbocycles. The summed E-state index contributed by atoms with van der Waals surface area (Å²) in [5, 5.41) is 0. The molecule has 104 valence electrons. The van der Waals surface area contributed by atoms with Crippen LogP contribution in [0.15, 0.2) is 23.3 Å². The van der Waals surface area contributed by atoms with Gasteiger partial charge in [-0.25, -0.2) is 0 Å². The monoisotopic (exact) mass is 256 g/mol. The summed E-state index contributed by atoms with van der Waals surface area (Å²) >= 11 is 0. The van der Waals surface area contributed by atoms with Gasteiger partial charge in [-0.15, -0.1) is 0 Å². The Morgan fingerprint density at radius 1 is 1.16 bits per heavy atom. The molecule has 0 aromatic rings. The molecule has 0 spiro atoms. The summed E-state index contributed by atoms with van der Waals surface area (Å²) < 4.78 is 0. The van der Waals surface area contributed by atoms with E-state index >= 15 is 0 Å². The second-order valence-corrected chi connectivity index (χ2v) is 8.06. The van der Waals surface area contributed by atoms with Gasteiger partial charge in [0.25, 0.3) is 0 Å². The maximum absolute atomic E-state index is 2.62. The molecule has 4 aliphatic rings. The lowest BCUT2D eigenvalue weighted by Gasteiger charge is -2.50. The van der Waals surface area contributed by atoms with E-state index in [4.69, 9.17) is 0 Å². The quantitative estimate of drug-likeness (QED) is 0.536. The molecule has 0 aromatic heterocycles. The molecule has 0 aliphatic heterocycles. The van der Waals surface area contributed by atoms with E-state index in [2.05, 4.69) is 26.0 Å². The number of hydrogen-bond acceptors (Lipinski definition) is 0. The molecule has 0 N–H and O–H groups in total. The Morgan fingerprint density at radius 2 is 2.05 bits per heavy atom. The van der Waals surface area contributed by atoms with Gasteiger partial charge >= 0.3 is 0 Å². The first-order chi connectivity index (χ1) is 9.17. The standard InChI is InChI=1S/C19H28/c1-13-5-7-15-14(12-13)6-8-17-16(15)9-11-19(2)10-3-4-18(17)19/h7,12-13,16-18H,3-6,8-11H2,1-2H3. The third-order valence-corrected chi connectivity index (χ3v) is 6.93. The summed E-state index contributed by atoms with van der Waals surface area (Å²) in [6.45, 7) is 4.98. The highest BCUT2D eigenvalue weighted by Crippen LogP contribution is 2.61. The lowest BCUT2D eigenvalue weighted by molar-refractivity contribution is 0.0435. The molecule has 19 heavy (non-hydrogen) atoms. The Bertz CT molecular complexity index is 441. The predicted octanol–water partition coefficient (Wildman–Crippen LogP) is 5.51. The zero-order valence-corrected chi connectivity index (χ0v) is 12.6. The second-order valence-electron chi connectivity index (χ2n) is 8.06. The summed E-state index contributed by atoms with van der Waals surface area (Å²) in [5.74, 6) is 3.80. The van der Waals surface area contributed by atoms with Gasteiger partial charge in [0.2, 0.25) is 0 Å². The van der Waals surface area contributed by atoms with E-state index in [0.29, 0.717) is 5.41 Å². The molecule has 5 unspecified atom stereocenters. The molecular weight excluding hydrogens is 228 g/mol. The molecule has 5 atom stereocenters. The van der Waals surface area contributed by atoms with E-state index in [-0.39, 0.29) is 0 Å². The lowest BCUT2D eigenvalue weighted by atomic mass is 9.54. The molecule has 0 saturated heterocycles. The fourth-order valence-electron chi connectivity index (χ4n) is 5.96. The SMILES string of the molecule is CC1C=C2CCC3C(CCC4(C)CCCC34)C2=CC1.